The van der Waals surface area contributed by atoms with Crippen LogP contribution in [0.4, 0.5) is 21.5 Å². The monoisotopic (exact) mass is 719 g/mol. The van der Waals surface area contributed by atoms with Crippen molar-refractivity contribution in [2.24, 2.45) is 0 Å². The quantitative estimate of drug-likeness (QED) is 0.176. The highest BCUT2D eigenvalue weighted by atomic mass is 19.1. The highest BCUT2D eigenvalue weighted by molar-refractivity contribution is 5.96. The fourth-order valence-electron chi connectivity index (χ4n) is 9.08. The number of hydrogen-bond acceptors (Lipinski definition) is 2. The van der Waals surface area contributed by atoms with Gasteiger partial charge in [-0.15, -0.1) is 0 Å². The molecule has 9 aromatic carbocycles. The fraction of sp³-hybridized carbons (Fsp3) is 0.0189. The molecule has 11 rings (SSSR count). The van der Waals surface area contributed by atoms with Crippen LogP contribution in [0.5, 0.6) is 11.5 Å². The molecule has 0 fully saturated rings. The normalized spacial score (nSPS) is 14.7. The number of benzene rings is 9. The number of anilines is 3. The molecule has 1 unspecified atom stereocenters. The Kier molecular flexibility index (Phi) is 7.30. The highest BCUT2D eigenvalue weighted by Crippen LogP contribution is 2.63. The first-order valence-corrected chi connectivity index (χ1v) is 19.0. The van der Waals surface area contributed by atoms with E-state index in [1.165, 1.54) is 39.9 Å². The van der Waals surface area contributed by atoms with E-state index in [-0.39, 0.29) is 5.82 Å². The second-order valence-electron chi connectivity index (χ2n) is 14.6. The standard InChI is InChI=1S/C53H34FNO/c54-40-25-18-36(19-26-40)38-22-29-42(30-23-38)55(41-27-20-37(21-28-41)35-10-2-1-3-11-35)43-31-32-46-45-14-6-7-15-47(45)53(50(46)34-43)48-16-8-9-17-51(48)56-52-44-13-5-4-12-39(44)24-33-49(52)53/h1-34H. The van der Waals surface area contributed by atoms with E-state index >= 15 is 0 Å². The maximum atomic E-state index is 13.8. The predicted octanol–water partition coefficient (Wildman–Crippen LogP) is 14.3. The lowest BCUT2D eigenvalue weighted by Gasteiger charge is -2.40. The van der Waals surface area contributed by atoms with Gasteiger partial charge in [0.25, 0.3) is 0 Å². The molecule has 264 valence electrons. The van der Waals surface area contributed by atoms with Crippen LogP contribution in [0.3, 0.4) is 0 Å². The Labute approximate surface area is 325 Å². The lowest BCUT2D eigenvalue weighted by Crippen LogP contribution is -2.32. The number of ether oxygens (including phenoxy) is 1. The van der Waals surface area contributed by atoms with E-state index in [1.54, 1.807) is 0 Å². The van der Waals surface area contributed by atoms with Gasteiger partial charge in [0.15, 0.2) is 0 Å². The van der Waals surface area contributed by atoms with Crippen LogP contribution in [0.2, 0.25) is 0 Å². The number of nitrogens with zero attached hydrogens (tertiary/aromatic N) is 1. The summed E-state index contributed by atoms with van der Waals surface area (Å²) in [5.74, 6) is 1.53. The fourth-order valence-corrected chi connectivity index (χ4v) is 9.08. The lowest BCUT2D eigenvalue weighted by molar-refractivity contribution is 0.441. The third-order valence-corrected chi connectivity index (χ3v) is 11.6. The van der Waals surface area contributed by atoms with Gasteiger partial charge in [0.1, 0.15) is 17.3 Å². The van der Waals surface area contributed by atoms with Gasteiger partial charge in [-0.1, -0.05) is 152 Å². The molecule has 1 heterocycles. The Bertz CT molecular complexity index is 2940. The summed E-state index contributed by atoms with van der Waals surface area (Å²) in [4.78, 5) is 2.34. The first-order valence-electron chi connectivity index (χ1n) is 19.0. The molecular formula is C53H34FNO. The zero-order chi connectivity index (χ0) is 37.2. The van der Waals surface area contributed by atoms with Gasteiger partial charge >= 0.3 is 0 Å². The summed E-state index contributed by atoms with van der Waals surface area (Å²) in [7, 11) is 0. The van der Waals surface area contributed by atoms with Crippen LogP contribution in [-0.4, -0.2) is 0 Å². The van der Waals surface area contributed by atoms with Gasteiger partial charge in [-0.25, -0.2) is 4.39 Å². The van der Waals surface area contributed by atoms with Gasteiger partial charge in [-0.05, 0) is 104 Å². The van der Waals surface area contributed by atoms with Crippen LogP contribution in [0, 0.1) is 5.82 Å². The summed E-state index contributed by atoms with van der Waals surface area (Å²) in [6.45, 7) is 0. The molecule has 3 heteroatoms. The Morgan fingerprint density at radius 3 is 1.68 bits per heavy atom. The van der Waals surface area contributed by atoms with Crippen molar-refractivity contribution in [2.75, 3.05) is 4.90 Å². The van der Waals surface area contributed by atoms with Crippen molar-refractivity contribution in [2.45, 2.75) is 5.41 Å². The van der Waals surface area contributed by atoms with Gasteiger partial charge in [0.2, 0.25) is 0 Å². The van der Waals surface area contributed by atoms with Crippen molar-refractivity contribution in [1.29, 1.82) is 0 Å². The smallest absolute Gasteiger partial charge is 0.140 e. The average Bonchev–Trinajstić information content (AvgIpc) is 3.55. The molecule has 0 saturated carbocycles. The number of para-hydroxylation sites is 1. The summed E-state index contributed by atoms with van der Waals surface area (Å²) in [6, 6.07) is 71.9. The maximum Gasteiger partial charge on any atom is 0.140 e. The van der Waals surface area contributed by atoms with E-state index in [2.05, 4.69) is 181 Å². The van der Waals surface area contributed by atoms with Gasteiger partial charge in [-0.3, -0.25) is 0 Å². The van der Waals surface area contributed by atoms with Crippen molar-refractivity contribution in [3.8, 4) is 44.9 Å². The zero-order valence-electron chi connectivity index (χ0n) is 30.4. The molecule has 0 N–H and O–H groups in total. The molecule has 2 aliphatic rings. The van der Waals surface area contributed by atoms with Crippen LogP contribution in [0.15, 0.2) is 206 Å². The van der Waals surface area contributed by atoms with E-state index < -0.39 is 5.41 Å². The van der Waals surface area contributed by atoms with E-state index in [9.17, 15) is 4.39 Å². The molecule has 1 atom stereocenters. The average molecular weight is 720 g/mol. The molecule has 9 aromatic rings. The second-order valence-corrected chi connectivity index (χ2v) is 14.6. The topological polar surface area (TPSA) is 12.5 Å². The van der Waals surface area contributed by atoms with Gasteiger partial charge < -0.3 is 9.64 Å². The highest BCUT2D eigenvalue weighted by Gasteiger charge is 2.51. The Hall–Kier alpha value is -7.23. The largest absolute Gasteiger partial charge is 0.456 e. The summed E-state index contributed by atoms with van der Waals surface area (Å²) < 4.78 is 20.7. The molecule has 1 aliphatic carbocycles. The molecule has 0 aromatic heterocycles. The van der Waals surface area contributed by atoms with E-state index in [4.69, 9.17) is 4.74 Å². The first-order chi connectivity index (χ1) is 27.7. The molecule has 1 spiro atoms. The Morgan fingerprint density at radius 2 is 0.946 bits per heavy atom. The summed E-state index contributed by atoms with van der Waals surface area (Å²) in [6.07, 6.45) is 0. The lowest BCUT2D eigenvalue weighted by atomic mass is 9.65. The van der Waals surface area contributed by atoms with E-state index in [0.29, 0.717) is 0 Å². The van der Waals surface area contributed by atoms with Gasteiger partial charge in [-0.2, -0.15) is 0 Å². The molecule has 56 heavy (non-hydrogen) atoms. The molecular weight excluding hydrogens is 686 g/mol. The minimum atomic E-state index is -0.620. The van der Waals surface area contributed by atoms with Crippen molar-refractivity contribution in [1.82, 2.24) is 0 Å². The van der Waals surface area contributed by atoms with Crippen LogP contribution in [0.1, 0.15) is 22.3 Å². The molecule has 2 nitrogen and oxygen atoms in total. The van der Waals surface area contributed by atoms with Gasteiger partial charge in [0, 0.05) is 33.6 Å². The third-order valence-electron chi connectivity index (χ3n) is 11.6. The Balaban J connectivity index is 1.14. The van der Waals surface area contributed by atoms with E-state index in [0.717, 1.165) is 67.2 Å². The van der Waals surface area contributed by atoms with Crippen molar-refractivity contribution in [3.05, 3.63) is 234 Å². The minimum Gasteiger partial charge on any atom is -0.456 e. The second kappa shape index (κ2) is 12.7. The summed E-state index contributed by atoms with van der Waals surface area (Å²) >= 11 is 0. The molecule has 0 saturated heterocycles. The minimum absolute atomic E-state index is 0.241. The first kappa shape index (κ1) is 32.2. The third kappa shape index (κ3) is 4.87. The molecule has 0 bridgehead atoms. The van der Waals surface area contributed by atoms with Gasteiger partial charge in [0.05, 0.1) is 5.41 Å². The van der Waals surface area contributed by atoms with Crippen LogP contribution in [-0.2, 0) is 5.41 Å². The molecule has 0 amide bonds. The van der Waals surface area contributed by atoms with Crippen LogP contribution in [0.25, 0.3) is 44.2 Å². The van der Waals surface area contributed by atoms with Crippen molar-refractivity contribution >= 4 is 27.8 Å². The summed E-state index contributed by atoms with van der Waals surface area (Å²) in [5.41, 5.74) is 14.0. The number of halogens is 1. The summed E-state index contributed by atoms with van der Waals surface area (Å²) in [5, 5.41) is 2.25. The van der Waals surface area contributed by atoms with Crippen LogP contribution < -0.4 is 9.64 Å². The van der Waals surface area contributed by atoms with E-state index in [1.807, 2.05) is 18.2 Å². The number of hydrogen-bond donors (Lipinski definition) is 0. The SMILES string of the molecule is Fc1ccc(-c2ccc(N(c3ccc(-c4ccccc4)cc3)c3ccc4c(c3)C3(c5ccccc5Oc5c3ccc3ccccc53)c3ccccc3-4)cc2)cc1. The van der Waals surface area contributed by atoms with Crippen molar-refractivity contribution < 1.29 is 9.13 Å². The maximum absolute atomic E-state index is 13.8. The van der Waals surface area contributed by atoms with Crippen LogP contribution >= 0.6 is 0 Å². The zero-order valence-corrected chi connectivity index (χ0v) is 30.4. The predicted molar refractivity (Wildman–Crippen MR) is 227 cm³/mol. The Morgan fingerprint density at radius 1 is 0.393 bits per heavy atom. The number of fused-ring (bicyclic) bond motifs is 11. The molecule has 1 aliphatic heterocycles. The van der Waals surface area contributed by atoms with Crippen molar-refractivity contribution in [3.63, 3.8) is 0 Å². The number of rotatable bonds is 5. The molecule has 0 radical (unpaired) electrons.